The Balaban J connectivity index is 1.75. The molecule has 3 heterocycles. The van der Waals surface area contributed by atoms with Gasteiger partial charge < -0.3 is 4.90 Å². The Morgan fingerprint density at radius 3 is 2.95 bits per heavy atom. The second kappa shape index (κ2) is 5.82. The molecule has 0 bridgehead atoms. The molecule has 5 heteroatoms. The van der Waals surface area contributed by atoms with Crippen LogP contribution in [0.5, 0.6) is 0 Å². The maximum absolute atomic E-state index is 12.6. The van der Waals surface area contributed by atoms with Crippen molar-refractivity contribution >= 4 is 21.8 Å². The van der Waals surface area contributed by atoms with Crippen molar-refractivity contribution < 1.29 is 4.79 Å². The second-order valence-electron chi connectivity index (χ2n) is 5.81. The van der Waals surface area contributed by atoms with Gasteiger partial charge in [-0.1, -0.05) is 6.42 Å². The minimum atomic E-state index is 0.0650. The quantitative estimate of drug-likeness (QED) is 0.790. The van der Waals surface area contributed by atoms with E-state index in [1.54, 1.807) is 12.3 Å². The lowest BCUT2D eigenvalue weighted by atomic mass is 9.97. The van der Waals surface area contributed by atoms with Gasteiger partial charge in [-0.15, -0.1) is 0 Å². The van der Waals surface area contributed by atoms with Gasteiger partial charge in [0.1, 0.15) is 5.69 Å². The van der Waals surface area contributed by atoms with Gasteiger partial charge in [0.15, 0.2) is 0 Å². The molecule has 2 saturated heterocycles. The molecule has 108 valence electrons. The van der Waals surface area contributed by atoms with Gasteiger partial charge in [-0.3, -0.25) is 9.69 Å². The Kier molecular flexibility index (Phi) is 4.08. The van der Waals surface area contributed by atoms with E-state index in [9.17, 15) is 4.79 Å². The van der Waals surface area contributed by atoms with Crippen molar-refractivity contribution in [3.05, 3.63) is 28.5 Å². The predicted molar refractivity (Wildman–Crippen MR) is 81.6 cm³/mol. The zero-order chi connectivity index (χ0) is 14.1. The first kappa shape index (κ1) is 14.0. The number of carbonyl (C=O) groups is 1. The third kappa shape index (κ3) is 2.74. The number of amides is 1. The summed E-state index contributed by atoms with van der Waals surface area (Å²) in [4.78, 5) is 21.4. The van der Waals surface area contributed by atoms with Crippen LogP contribution in [0.1, 0.15) is 36.7 Å². The number of carbonyl (C=O) groups excluding carboxylic acids is 1. The molecule has 2 unspecified atom stereocenters. The minimum absolute atomic E-state index is 0.0650. The zero-order valence-electron chi connectivity index (χ0n) is 11.8. The van der Waals surface area contributed by atoms with Crippen molar-refractivity contribution in [2.75, 3.05) is 19.6 Å². The summed E-state index contributed by atoms with van der Waals surface area (Å²) in [6.07, 6.45) is 5.48. The van der Waals surface area contributed by atoms with Crippen LogP contribution in [0.4, 0.5) is 0 Å². The van der Waals surface area contributed by atoms with Crippen LogP contribution in [-0.2, 0) is 0 Å². The van der Waals surface area contributed by atoms with Gasteiger partial charge in [0.25, 0.3) is 5.91 Å². The highest BCUT2D eigenvalue weighted by atomic mass is 79.9. The molecule has 3 rings (SSSR count). The van der Waals surface area contributed by atoms with Crippen LogP contribution in [0.25, 0.3) is 0 Å². The monoisotopic (exact) mass is 337 g/mol. The number of piperazine rings is 1. The first-order valence-corrected chi connectivity index (χ1v) is 8.11. The standard InChI is InChI=1S/C15H20BrN3O/c1-11-9-18-7-3-2-4-13(18)10-19(11)15(20)14-6-5-12(16)8-17-14/h5-6,8,11,13H,2-4,7,9-10H2,1H3. The molecule has 2 atom stereocenters. The summed E-state index contributed by atoms with van der Waals surface area (Å²) in [5.41, 5.74) is 0.546. The van der Waals surface area contributed by atoms with Crippen LogP contribution >= 0.6 is 15.9 Å². The lowest BCUT2D eigenvalue weighted by molar-refractivity contribution is 0.0148. The predicted octanol–water partition coefficient (Wildman–Crippen LogP) is 2.54. The van der Waals surface area contributed by atoms with Crippen molar-refractivity contribution in [2.45, 2.75) is 38.3 Å². The molecule has 0 N–H and O–H groups in total. The smallest absolute Gasteiger partial charge is 0.272 e. The van der Waals surface area contributed by atoms with Gasteiger partial charge >= 0.3 is 0 Å². The van der Waals surface area contributed by atoms with E-state index >= 15 is 0 Å². The van der Waals surface area contributed by atoms with E-state index in [2.05, 4.69) is 32.7 Å². The molecule has 0 radical (unpaired) electrons. The average Bonchev–Trinajstić information content (AvgIpc) is 2.46. The molecule has 0 saturated carbocycles. The highest BCUT2D eigenvalue weighted by Gasteiger charge is 2.35. The Morgan fingerprint density at radius 1 is 1.35 bits per heavy atom. The summed E-state index contributed by atoms with van der Waals surface area (Å²) >= 11 is 3.35. The van der Waals surface area contributed by atoms with E-state index in [0.29, 0.717) is 11.7 Å². The molecule has 4 nitrogen and oxygen atoms in total. The molecule has 1 aromatic rings. The topological polar surface area (TPSA) is 36.4 Å². The molecule has 0 spiro atoms. The number of rotatable bonds is 1. The summed E-state index contributed by atoms with van der Waals surface area (Å²) in [5.74, 6) is 0.0650. The van der Waals surface area contributed by atoms with Gasteiger partial charge in [0.05, 0.1) is 0 Å². The summed E-state index contributed by atoms with van der Waals surface area (Å²) < 4.78 is 0.902. The second-order valence-corrected chi connectivity index (χ2v) is 6.73. The number of halogens is 1. The van der Waals surface area contributed by atoms with E-state index in [-0.39, 0.29) is 11.9 Å². The first-order valence-electron chi connectivity index (χ1n) is 7.32. The van der Waals surface area contributed by atoms with Crippen LogP contribution in [0.15, 0.2) is 22.8 Å². The number of nitrogens with zero attached hydrogens (tertiary/aromatic N) is 3. The fraction of sp³-hybridized carbons (Fsp3) is 0.600. The number of pyridine rings is 1. The molecule has 2 aliphatic heterocycles. The van der Waals surface area contributed by atoms with Gasteiger partial charge in [0.2, 0.25) is 0 Å². The lowest BCUT2D eigenvalue weighted by Crippen LogP contribution is -2.60. The minimum Gasteiger partial charge on any atom is -0.332 e. The number of piperidine rings is 1. The highest BCUT2D eigenvalue weighted by molar-refractivity contribution is 9.10. The summed E-state index contributed by atoms with van der Waals surface area (Å²) in [5, 5.41) is 0. The first-order chi connectivity index (χ1) is 9.65. The third-order valence-corrected chi connectivity index (χ3v) is 4.86. The van der Waals surface area contributed by atoms with Crippen molar-refractivity contribution in [1.82, 2.24) is 14.8 Å². The molecule has 0 aromatic carbocycles. The Hall–Kier alpha value is -0.940. The van der Waals surface area contributed by atoms with Crippen LogP contribution in [0.2, 0.25) is 0 Å². The molecular formula is C15H20BrN3O. The van der Waals surface area contributed by atoms with Crippen molar-refractivity contribution in [3.8, 4) is 0 Å². The highest BCUT2D eigenvalue weighted by Crippen LogP contribution is 2.25. The maximum Gasteiger partial charge on any atom is 0.272 e. The number of fused-ring (bicyclic) bond motifs is 1. The normalized spacial score (nSPS) is 27.2. The maximum atomic E-state index is 12.6. The van der Waals surface area contributed by atoms with Crippen LogP contribution < -0.4 is 0 Å². The lowest BCUT2D eigenvalue weighted by Gasteiger charge is -2.47. The summed E-state index contributed by atoms with van der Waals surface area (Å²) in [6, 6.07) is 4.48. The van der Waals surface area contributed by atoms with Crippen LogP contribution in [-0.4, -0.2) is 52.4 Å². The fourth-order valence-electron chi connectivity index (χ4n) is 3.28. The third-order valence-electron chi connectivity index (χ3n) is 4.39. The Morgan fingerprint density at radius 2 is 2.20 bits per heavy atom. The summed E-state index contributed by atoms with van der Waals surface area (Å²) in [6.45, 7) is 5.17. The molecule has 1 aromatic heterocycles. The molecule has 0 aliphatic carbocycles. The number of hydrogen-bond donors (Lipinski definition) is 0. The van der Waals surface area contributed by atoms with E-state index in [4.69, 9.17) is 0 Å². The largest absolute Gasteiger partial charge is 0.332 e. The van der Waals surface area contributed by atoms with E-state index in [0.717, 1.165) is 17.6 Å². The fourth-order valence-corrected chi connectivity index (χ4v) is 3.52. The van der Waals surface area contributed by atoms with Crippen LogP contribution in [0, 0.1) is 0 Å². The van der Waals surface area contributed by atoms with Gasteiger partial charge in [-0.2, -0.15) is 0 Å². The van der Waals surface area contributed by atoms with Gasteiger partial charge in [-0.25, -0.2) is 4.98 Å². The van der Waals surface area contributed by atoms with Gasteiger partial charge in [0, 0.05) is 35.8 Å². The Labute approximate surface area is 128 Å². The van der Waals surface area contributed by atoms with E-state index in [1.165, 1.54) is 25.8 Å². The van der Waals surface area contributed by atoms with Crippen molar-refractivity contribution in [1.29, 1.82) is 0 Å². The van der Waals surface area contributed by atoms with E-state index in [1.807, 2.05) is 11.0 Å². The number of aromatic nitrogens is 1. The summed E-state index contributed by atoms with van der Waals surface area (Å²) in [7, 11) is 0. The van der Waals surface area contributed by atoms with Crippen molar-refractivity contribution in [3.63, 3.8) is 0 Å². The van der Waals surface area contributed by atoms with Crippen molar-refractivity contribution in [2.24, 2.45) is 0 Å². The van der Waals surface area contributed by atoms with Gasteiger partial charge in [-0.05, 0) is 54.4 Å². The average molecular weight is 338 g/mol. The molecule has 1 amide bonds. The SMILES string of the molecule is CC1CN2CCCCC2CN1C(=O)c1ccc(Br)cn1. The van der Waals surface area contributed by atoms with Crippen LogP contribution in [0.3, 0.4) is 0 Å². The molecule has 20 heavy (non-hydrogen) atoms. The molecule has 2 aliphatic rings. The molecule has 2 fully saturated rings. The van der Waals surface area contributed by atoms with E-state index < -0.39 is 0 Å². The number of hydrogen-bond acceptors (Lipinski definition) is 3. The zero-order valence-corrected chi connectivity index (χ0v) is 13.3. The molecular weight excluding hydrogens is 318 g/mol. The Bertz CT molecular complexity index is 490.